The molecule has 0 aromatic heterocycles. The van der Waals surface area contributed by atoms with E-state index in [1.807, 2.05) is 6.08 Å². The van der Waals surface area contributed by atoms with Gasteiger partial charge in [0.25, 0.3) is 0 Å². The number of unbranched alkanes of at least 4 members (excludes halogenated alkanes) is 26. The molecule has 0 spiro atoms. The van der Waals surface area contributed by atoms with Gasteiger partial charge >= 0.3 is 13.8 Å². The second-order valence-electron chi connectivity index (χ2n) is 17.4. The van der Waals surface area contributed by atoms with Crippen LogP contribution in [0.4, 0.5) is 0 Å². The summed E-state index contributed by atoms with van der Waals surface area (Å²) >= 11 is 0. The number of aliphatic hydroxyl groups excluding tert-OH is 5. The zero-order chi connectivity index (χ0) is 45.5. The van der Waals surface area contributed by atoms with E-state index in [1.165, 1.54) is 135 Å². The molecule has 0 aromatic rings. The minimum atomic E-state index is -5.04. The molecule has 1 saturated carbocycles. The lowest BCUT2D eigenvalue weighted by atomic mass is 9.85. The van der Waals surface area contributed by atoms with E-state index >= 15 is 0 Å². The van der Waals surface area contributed by atoms with Crippen LogP contribution < -0.4 is 0 Å². The van der Waals surface area contributed by atoms with Crippen molar-refractivity contribution < 1.29 is 58.3 Å². The molecular formula is C49H91O12P. The predicted octanol–water partition coefficient (Wildman–Crippen LogP) is 11.0. The number of aliphatic hydroxyl groups is 5. The molecule has 0 amide bonds. The van der Waals surface area contributed by atoms with Crippen LogP contribution in [0.1, 0.15) is 213 Å². The van der Waals surface area contributed by atoms with Crippen molar-refractivity contribution >= 4 is 13.8 Å². The standard InChI is InChI=1S/C49H91O12P/c1-3-5-7-9-11-13-15-17-19-21-23-25-27-29-31-33-35-37-39-58-40-42(41-59-62(56,57)61-49-47(54)45(52)44(51)46(53)48(49)55)60-43(50)38-36-34-32-30-28-26-24-22-20-18-16-14-12-10-8-6-4-2/h12,14,18,20,37,39,42,44-49,51-55H,3-11,13,15-17,19,21-36,38,40-41H2,1-2H3,(H,56,57)/b14-12-,20-18-,39-37-/t42-,44?,45-,46?,47?,48?,49?/m1/s1. The Morgan fingerprint density at radius 2 is 0.903 bits per heavy atom. The summed E-state index contributed by atoms with van der Waals surface area (Å²) in [5.74, 6) is -0.506. The van der Waals surface area contributed by atoms with Crippen LogP contribution in [0.25, 0.3) is 0 Å². The van der Waals surface area contributed by atoms with E-state index in [0.29, 0.717) is 6.42 Å². The molecule has 0 heterocycles. The molecule has 6 N–H and O–H groups in total. The van der Waals surface area contributed by atoms with Crippen molar-refractivity contribution in [3.63, 3.8) is 0 Å². The number of hydrogen-bond donors (Lipinski definition) is 6. The topological polar surface area (TPSA) is 192 Å². The molecule has 0 bridgehead atoms. The third-order valence-corrected chi connectivity index (χ3v) is 12.6. The Bertz CT molecular complexity index is 1170. The summed E-state index contributed by atoms with van der Waals surface area (Å²) < 4.78 is 34.0. The highest BCUT2D eigenvalue weighted by atomic mass is 31.2. The van der Waals surface area contributed by atoms with Crippen molar-refractivity contribution in [2.24, 2.45) is 0 Å². The van der Waals surface area contributed by atoms with Crippen molar-refractivity contribution in [3.05, 3.63) is 36.6 Å². The molecule has 13 heteroatoms. The summed E-state index contributed by atoms with van der Waals surface area (Å²) in [7, 11) is -5.04. The molecule has 6 unspecified atom stereocenters. The third kappa shape index (κ3) is 31.3. The molecule has 0 saturated heterocycles. The smallest absolute Gasteiger partial charge is 0.472 e. The first-order chi connectivity index (χ1) is 30.0. The molecular weight excluding hydrogens is 812 g/mol. The van der Waals surface area contributed by atoms with E-state index in [0.717, 1.165) is 57.8 Å². The van der Waals surface area contributed by atoms with Gasteiger partial charge in [-0.25, -0.2) is 4.57 Å². The van der Waals surface area contributed by atoms with Crippen molar-refractivity contribution in [2.45, 2.75) is 256 Å². The van der Waals surface area contributed by atoms with Gasteiger partial charge in [0.2, 0.25) is 0 Å². The summed E-state index contributed by atoms with van der Waals surface area (Å²) in [4.78, 5) is 23.2. The maximum atomic E-state index is 12.8. The lowest BCUT2D eigenvalue weighted by molar-refractivity contribution is -0.220. The molecule has 364 valence electrons. The largest absolute Gasteiger partial charge is 0.498 e. The Labute approximate surface area is 376 Å². The van der Waals surface area contributed by atoms with E-state index in [2.05, 4.69) is 38.2 Å². The number of hydrogen-bond acceptors (Lipinski definition) is 11. The second kappa shape index (κ2) is 39.7. The lowest BCUT2D eigenvalue weighted by Crippen LogP contribution is -2.64. The Balaban J connectivity index is 2.39. The van der Waals surface area contributed by atoms with E-state index in [1.54, 1.807) is 0 Å². The van der Waals surface area contributed by atoms with Crippen LogP contribution in [0.3, 0.4) is 0 Å². The van der Waals surface area contributed by atoms with Gasteiger partial charge in [0.05, 0.1) is 12.9 Å². The SMILES string of the molecule is CCCCC/C=C\C/C=C\CCCCCCCCCC(=O)O[C@H](CO/C=C\CCCCCCCCCCCCCCCCCC)COP(=O)(O)OC1C(O)C(O)C(O)[C@@H](O)C1O. The number of rotatable bonds is 42. The molecule has 1 aliphatic rings. The highest BCUT2D eigenvalue weighted by Gasteiger charge is 2.51. The first-order valence-electron chi connectivity index (χ1n) is 24.9. The molecule has 12 nitrogen and oxygen atoms in total. The Kier molecular flexibility index (Phi) is 37.4. The zero-order valence-corrected chi connectivity index (χ0v) is 39.8. The van der Waals surface area contributed by atoms with E-state index in [4.69, 9.17) is 18.5 Å². The monoisotopic (exact) mass is 903 g/mol. The number of allylic oxidation sites excluding steroid dienone is 5. The molecule has 62 heavy (non-hydrogen) atoms. The summed E-state index contributed by atoms with van der Waals surface area (Å²) in [6.45, 7) is 3.71. The average molecular weight is 903 g/mol. The van der Waals surface area contributed by atoms with Crippen LogP contribution in [-0.4, -0.2) is 92.3 Å². The van der Waals surface area contributed by atoms with Gasteiger partial charge in [-0.2, -0.15) is 0 Å². The number of phosphoric acid groups is 1. The minimum Gasteiger partial charge on any atom is -0.498 e. The maximum Gasteiger partial charge on any atom is 0.472 e. The van der Waals surface area contributed by atoms with Crippen molar-refractivity contribution in [1.82, 2.24) is 0 Å². The molecule has 0 radical (unpaired) electrons. The van der Waals surface area contributed by atoms with Crippen LogP contribution >= 0.6 is 7.82 Å². The van der Waals surface area contributed by atoms with Crippen LogP contribution in [0.15, 0.2) is 36.6 Å². The highest BCUT2D eigenvalue weighted by Crippen LogP contribution is 2.47. The average Bonchev–Trinajstić information content (AvgIpc) is 3.26. The van der Waals surface area contributed by atoms with Crippen molar-refractivity contribution in [2.75, 3.05) is 13.2 Å². The van der Waals surface area contributed by atoms with Gasteiger partial charge in [-0.1, -0.05) is 179 Å². The van der Waals surface area contributed by atoms with Gasteiger partial charge in [0.1, 0.15) is 43.2 Å². The van der Waals surface area contributed by atoms with Gasteiger partial charge < -0.3 is 39.9 Å². The molecule has 1 rings (SSSR count). The quantitative estimate of drug-likeness (QED) is 0.0112. The first-order valence-corrected chi connectivity index (χ1v) is 26.4. The normalized spacial score (nSPS) is 22.2. The fraction of sp³-hybridized carbons (Fsp3) is 0.857. The van der Waals surface area contributed by atoms with Gasteiger partial charge in [-0.3, -0.25) is 13.8 Å². The van der Waals surface area contributed by atoms with Gasteiger partial charge in [0.15, 0.2) is 6.10 Å². The van der Waals surface area contributed by atoms with Crippen LogP contribution in [0.5, 0.6) is 0 Å². The van der Waals surface area contributed by atoms with Crippen LogP contribution in [0, 0.1) is 0 Å². The van der Waals surface area contributed by atoms with E-state index in [9.17, 15) is 39.8 Å². The Morgan fingerprint density at radius 1 is 0.516 bits per heavy atom. The van der Waals surface area contributed by atoms with Gasteiger partial charge in [-0.05, 0) is 57.4 Å². The number of phosphoric ester groups is 1. The van der Waals surface area contributed by atoms with E-state index in [-0.39, 0.29) is 13.0 Å². The van der Waals surface area contributed by atoms with Crippen molar-refractivity contribution in [3.8, 4) is 0 Å². The lowest BCUT2D eigenvalue weighted by Gasteiger charge is -2.41. The molecule has 1 fully saturated rings. The summed E-state index contributed by atoms with van der Waals surface area (Å²) in [6.07, 6.45) is 35.7. The van der Waals surface area contributed by atoms with Crippen LogP contribution in [0.2, 0.25) is 0 Å². The molecule has 0 aliphatic heterocycles. The molecule has 8 atom stereocenters. The fourth-order valence-corrected chi connectivity index (χ4v) is 8.56. The third-order valence-electron chi connectivity index (χ3n) is 11.6. The van der Waals surface area contributed by atoms with E-state index < -0.39 is 63.1 Å². The second-order valence-corrected chi connectivity index (χ2v) is 18.8. The molecule has 1 aliphatic carbocycles. The van der Waals surface area contributed by atoms with Crippen LogP contribution in [-0.2, 0) is 27.9 Å². The number of esters is 1. The zero-order valence-electron chi connectivity index (χ0n) is 38.9. The fourth-order valence-electron chi connectivity index (χ4n) is 7.59. The number of carbonyl (C=O) groups is 1. The summed E-state index contributed by atoms with van der Waals surface area (Å²) in [5.41, 5.74) is 0. The van der Waals surface area contributed by atoms with Crippen molar-refractivity contribution in [1.29, 1.82) is 0 Å². The first kappa shape index (κ1) is 58.4. The summed E-state index contributed by atoms with van der Waals surface area (Å²) in [5, 5.41) is 50.2. The molecule has 0 aromatic carbocycles. The highest BCUT2D eigenvalue weighted by molar-refractivity contribution is 7.47. The maximum absolute atomic E-state index is 12.8. The number of ether oxygens (including phenoxy) is 2. The Hall–Kier alpha value is -1.60. The number of carbonyl (C=O) groups excluding carboxylic acids is 1. The predicted molar refractivity (Wildman–Crippen MR) is 248 cm³/mol. The minimum absolute atomic E-state index is 0.162. The van der Waals surface area contributed by atoms with Gasteiger partial charge in [-0.15, -0.1) is 0 Å². The van der Waals surface area contributed by atoms with Gasteiger partial charge in [0, 0.05) is 6.42 Å². The Morgan fingerprint density at radius 3 is 1.39 bits per heavy atom. The summed E-state index contributed by atoms with van der Waals surface area (Å²) in [6, 6.07) is 0.